The lowest BCUT2D eigenvalue weighted by atomic mass is 10.1. The molecule has 0 unspecified atom stereocenters. The van der Waals surface area contributed by atoms with Crippen LogP contribution in [0, 0.1) is 0 Å². The van der Waals surface area contributed by atoms with Gasteiger partial charge in [-0.15, -0.1) is 11.3 Å². The summed E-state index contributed by atoms with van der Waals surface area (Å²) in [6.07, 6.45) is 0. The van der Waals surface area contributed by atoms with E-state index >= 15 is 0 Å². The van der Waals surface area contributed by atoms with Crippen molar-refractivity contribution < 1.29 is 8.42 Å². The second-order valence-electron chi connectivity index (χ2n) is 4.38. The largest absolute Gasteiger partial charge is 0.389 e. The summed E-state index contributed by atoms with van der Waals surface area (Å²) in [5.41, 5.74) is 7.15. The Morgan fingerprint density at radius 2 is 2.14 bits per heavy atom. The molecule has 112 valence electrons. The summed E-state index contributed by atoms with van der Waals surface area (Å²) >= 11 is 9.38. The standard InChI is InChI=1S/C13H13BrN2O2S3/c1-16(21(17,18)13-11(14)5-6-20-13)8-9-3-2-4-10(7-9)12(15)19/h2-7H,8H2,1H3,(H2,15,19). The monoisotopic (exact) mass is 404 g/mol. The van der Waals surface area contributed by atoms with Crippen LogP contribution in [0.25, 0.3) is 0 Å². The Kier molecular flexibility index (Phi) is 5.15. The van der Waals surface area contributed by atoms with Crippen molar-refractivity contribution in [2.24, 2.45) is 5.73 Å². The third-order valence-electron chi connectivity index (χ3n) is 2.85. The number of nitrogens with zero attached hydrogens (tertiary/aromatic N) is 1. The van der Waals surface area contributed by atoms with Crippen LogP contribution in [-0.2, 0) is 16.6 Å². The van der Waals surface area contributed by atoms with Gasteiger partial charge in [0, 0.05) is 23.6 Å². The number of thiophene rings is 1. The van der Waals surface area contributed by atoms with E-state index in [1.807, 2.05) is 12.1 Å². The Morgan fingerprint density at radius 3 is 2.71 bits per heavy atom. The van der Waals surface area contributed by atoms with Gasteiger partial charge in [0.2, 0.25) is 0 Å². The lowest BCUT2D eigenvalue weighted by Gasteiger charge is -2.17. The molecule has 0 bridgehead atoms. The van der Waals surface area contributed by atoms with Crippen LogP contribution in [-0.4, -0.2) is 24.8 Å². The molecule has 0 radical (unpaired) electrons. The average molecular weight is 405 g/mol. The highest BCUT2D eigenvalue weighted by molar-refractivity contribution is 9.10. The van der Waals surface area contributed by atoms with Crippen LogP contribution >= 0.6 is 39.5 Å². The van der Waals surface area contributed by atoms with Gasteiger partial charge in [0.05, 0.1) is 0 Å². The maximum Gasteiger partial charge on any atom is 0.253 e. The van der Waals surface area contributed by atoms with Crippen molar-refractivity contribution in [2.45, 2.75) is 10.8 Å². The number of sulfonamides is 1. The summed E-state index contributed by atoms with van der Waals surface area (Å²) in [6, 6.07) is 8.98. The molecule has 0 fully saturated rings. The SMILES string of the molecule is CN(Cc1cccc(C(N)=S)c1)S(=O)(=O)c1sccc1Br. The molecule has 4 nitrogen and oxygen atoms in total. The van der Waals surface area contributed by atoms with E-state index in [9.17, 15) is 8.42 Å². The zero-order chi connectivity index (χ0) is 15.6. The Hall–Kier alpha value is -0.800. The van der Waals surface area contributed by atoms with Crippen LogP contribution in [0.2, 0.25) is 0 Å². The van der Waals surface area contributed by atoms with Gasteiger partial charge in [-0.2, -0.15) is 4.31 Å². The molecule has 2 aromatic rings. The van der Waals surface area contributed by atoms with E-state index < -0.39 is 10.0 Å². The van der Waals surface area contributed by atoms with Gasteiger partial charge >= 0.3 is 0 Å². The summed E-state index contributed by atoms with van der Waals surface area (Å²) in [6.45, 7) is 0.253. The highest BCUT2D eigenvalue weighted by Crippen LogP contribution is 2.30. The van der Waals surface area contributed by atoms with E-state index in [0.717, 1.165) is 11.1 Å². The van der Waals surface area contributed by atoms with Gasteiger partial charge in [0.25, 0.3) is 10.0 Å². The molecule has 0 saturated carbocycles. The minimum absolute atomic E-state index is 0.253. The number of halogens is 1. The van der Waals surface area contributed by atoms with Gasteiger partial charge in [0.15, 0.2) is 0 Å². The van der Waals surface area contributed by atoms with Crippen molar-refractivity contribution >= 4 is 54.5 Å². The van der Waals surface area contributed by atoms with Gasteiger partial charge in [-0.25, -0.2) is 8.42 Å². The van der Waals surface area contributed by atoms with E-state index in [1.165, 1.54) is 15.6 Å². The molecule has 1 aromatic heterocycles. The maximum atomic E-state index is 12.5. The minimum Gasteiger partial charge on any atom is -0.389 e. The maximum absolute atomic E-state index is 12.5. The molecule has 2 rings (SSSR count). The first-order valence-electron chi connectivity index (χ1n) is 5.90. The van der Waals surface area contributed by atoms with Crippen molar-refractivity contribution in [3.63, 3.8) is 0 Å². The van der Waals surface area contributed by atoms with Crippen LogP contribution in [0.5, 0.6) is 0 Å². The van der Waals surface area contributed by atoms with Gasteiger partial charge in [0.1, 0.15) is 9.20 Å². The number of hydrogen-bond donors (Lipinski definition) is 1. The molecule has 1 heterocycles. The summed E-state index contributed by atoms with van der Waals surface area (Å²) in [4.78, 5) is 0.295. The molecule has 0 amide bonds. The molecule has 0 aliphatic carbocycles. The summed E-state index contributed by atoms with van der Waals surface area (Å²) in [5, 5.41) is 1.73. The fraction of sp³-hybridized carbons (Fsp3) is 0.154. The Bertz CT molecular complexity index is 771. The van der Waals surface area contributed by atoms with E-state index in [-0.39, 0.29) is 6.54 Å². The van der Waals surface area contributed by atoms with Crippen LogP contribution in [0.1, 0.15) is 11.1 Å². The first-order chi connectivity index (χ1) is 9.82. The number of rotatable bonds is 5. The number of thiocarbonyl (C=S) groups is 1. The quantitative estimate of drug-likeness (QED) is 0.777. The predicted molar refractivity (Wildman–Crippen MR) is 93.0 cm³/mol. The molecule has 0 aliphatic heterocycles. The zero-order valence-electron chi connectivity index (χ0n) is 11.1. The molecule has 0 saturated heterocycles. The Balaban J connectivity index is 2.26. The normalized spacial score (nSPS) is 11.8. The molecule has 0 aliphatic rings. The van der Waals surface area contributed by atoms with E-state index in [1.54, 1.807) is 30.6 Å². The summed E-state index contributed by atoms with van der Waals surface area (Å²) < 4.78 is 27.2. The van der Waals surface area contributed by atoms with Gasteiger partial charge in [-0.1, -0.05) is 30.4 Å². The molecule has 1 aromatic carbocycles. The lowest BCUT2D eigenvalue weighted by Crippen LogP contribution is -2.26. The van der Waals surface area contributed by atoms with Crippen LogP contribution in [0.15, 0.2) is 44.4 Å². The lowest BCUT2D eigenvalue weighted by molar-refractivity contribution is 0.468. The molecule has 0 atom stereocenters. The molecule has 21 heavy (non-hydrogen) atoms. The molecule has 8 heteroatoms. The first-order valence-corrected chi connectivity index (χ1v) is 9.42. The Labute approximate surface area is 141 Å². The fourth-order valence-electron chi connectivity index (χ4n) is 1.77. The highest BCUT2D eigenvalue weighted by atomic mass is 79.9. The molecule has 2 N–H and O–H groups in total. The molecular formula is C13H13BrN2O2S3. The topological polar surface area (TPSA) is 63.4 Å². The number of hydrogen-bond acceptors (Lipinski definition) is 4. The smallest absolute Gasteiger partial charge is 0.253 e. The van der Waals surface area contributed by atoms with E-state index in [4.69, 9.17) is 18.0 Å². The van der Waals surface area contributed by atoms with Gasteiger partial charge in [-0.3, -0.25) is 0 Å². The van der Waals surface area contributed by atoms with Crippen molar-refractivity contribution in [1.29, 1.82) is 0 Å². The molecular weight excluding hydrogens is 392 g/mol. The van der Waals surface area contributed by atoms with E-state index in [2.05, 4.69) is 15.9 Å². The number of nitrogens with two attached hydrogens (primary N) is 1. The predicted octanol–water partition coefficient (Wildman–Crippen LogP) is 2.97. The summed E-state index contributed by atoms with van der Waals surface area (Å²) in [7, 11) is -1.97. The second kappa shape index (κ2) is 6.53. The Morgan fingerprint density at radius 1 is 1.43 bits per heavy atom. The second-order valence-corrected chi connectivity index (χ2v) is 8.83. The van der Waals surface area contributed by atoms with Crippen molar-refractivity contribution in [3.8, 4) is 0 Å². The van der Waals surface area contributed by atoms with Gasteiger partial charge in [-0.05, 0) is 39.0 Å². The highest BCUT2D eigenvalue weighted by Gasteiger charge is 2.24. The van der Waals surface area contributed by atoms with Crippen LogP contribution in [0.3, 0.4) is 0 Å². The fourth-order valence-corrected chi connectivity index (χ4v) is 5.56. The van der Waals surface area contributed by atoms with Crippen LogP contribution < -0.4 is 5.73 Å². The number of benzene rings is 1. The third kappa shape index (κ3) is 3.70. The zero-order valence-corrected chi connectivity index (χ0v) is 15.2. The van der Waals surface area contributed by atoms with Crippen LogP contribution in [0.4, 0.5) is 0 Å². The average Bonchev–Trinajstić information content (AvgIpc) is 2.86. The van der Waals surface area contributed by atoms with E-state index in [0.29, 0.717) is 13.7 Å². The van der Waals surface area contributed by atoms with Crippen molar-refractivity contribution in [2.75, 3.05) is 7.05 Å². The van der Waals surface area contributed by atoms with Crippen molar-refractivity contribution in [3.05, 3.63) is 51.3 Å². The molecule has 0 spiro atoms. The minimum atomic E-state index is -3.52. The third-order valence-corrected chi connectivity index (χ3v) is 7.53. The first kappa shape index (κ1) is 16.6. The van der Waals surface area contributed by atoms with Gasteiger partial charge < -0.3 is 5.73 Å². The van der Waals surface area contributed by atoms with Crippen molar-refractivity contribution in [1.82, 2.24) is 4.31 Å². The summed E-state index contributed by atoms with van der Waals surface area (Å²) in [5.74, 6) is 0.